The fourth-order valence-corrected chi connectivity index (χ4v) is 1.45. The van der Waals surface area contributed by atoms with Gasteiger partial charge in [0.1, 0.15) is 5.82 Å². The topological polar surface area (TPSA) is 42.7 Å². The van der Waals surface area contributed by atoms with Crippen LogP contribution in [0.15, 0.2) is 30.5 Å². The molecule has 0 aliphatic rings. The molecule has 0 fully saturated rings. The highest BCUT2D eigenvalue weighted by atomic mass is 15.3. The number of nitrogens with one attached hydrogen (secondary N) is 1. The van der Waals surface area contributed by atoms with Crippen LogP contribution in [0.5, 0.6) is 0 Å². The summed E-state index contributed by atoms with van der Waals surface area (Å²) in [5.74, 6) is 1.74. The van der Waals surface area contributed by atoms with E-state index in [-0.39, 0.29) is 0 Å². The zero-order chi connectivity index (χ0) is 11.4. The van der Waals surface area contributed by atoms with Gasteiger partial charge in [-0.15, -0.1) is 0 Å². The number of nitrogens with zero attached hydrogens (tertiary/aromatic N) is 3. The lowest BCUT2D eigenvalue weighted by Gasteiger charge is -2.05. The zero-order valence-corrected chi connectivity index (χ0v) is 9.64. The van der Waals surface area contributed by atoms with Crippen molar-refractivity contribution in [1.29, 1.82) is 0 Å². The molecule has 0 radical (unpaired) electrons. The molecule has 0 amide bonds. The van der Waals surface area contributed by atoms with Crippen molar-refractivity contribution in [2.45, 2.75) is 20.3 Å². The summed E-state index contributed by atoms with van der Waals surface area (Å²) in [4.78, 5) is 4.48. The van der Waals surface area contributed by atoms with Crippen LogP contribution >= 0.6 is 0 Å². The molecule has 84 valence electrons. The van der Waals surface area contributed by atoms with E-state index >= 15 is 0 Å². The smallest absolute Gasteiger partial charge is 0.155 e. The van der Waals surface area contributed by atoms with E-state index in [0.29, 0.717) is 0 Å². The van der Waals surface area contributed by atoms with Crippen molar-refractivity contribution >= 4 is 5.82 Å². The summed E-state index contributed by atoms with van der Waals surface area (Å²) in [5.41, 5.74) is 0.994. The lowest BCUT2D eigenvalue weighted by atomic mass is 10.4. The number of rotatable bonds is 4. The van der Waals surface area contributed by atoms with E-state index in [1.165, 1.54) is 0 Å². The van der Waals surface area contributed by atoms with Gasteiger partial charge in [-0.2, -0.15) is 5.10 Å². The first-order chi connectivity index (χ1) is 7.79. The predicted octanol–water partition coefficient (Wildman–Crippen LogP) is 2.40. The molecule has 0 unspecified atom stereocenters. The van der Waals surface area contributed by atoms with E-state index in [4.69, 9.17) is 0 Å². The lowest BCUT2D eigenvalue weighted by molar-refractivity contribution is 0.831. The van der Waals surface area contributed by atoms with Crippen LogP contribution in [-0.2, 0) is 0 Å². The Hall–Kier alpha value is -1.84. The molecule has 0 spiro atoms. The Labute approximate surface area is 95.3 Å². The largest absolute Gasteiger partial charge is 0.370 e. The highest BCUT2D eigenvalue weighted by Crippen LogP contribution is 2.09. The van der Waals surface area contributed by atoms with Crippen molar-refractivity contribution in [3.63, 3.8) is 0 Å². The van der Waals surface area contributed by atoms with E-state index in [0.717, 1.165) is 30.3 Å². The third kappa shape index (κ3) is 2.39. The van der Waals surface area contributed by atoms with Gasteiger partial charge in [-0.1, -0.05) is 13.0 Å². The summed E-state index contributed by atoms with van der Waals surface area (Å²) in [6.45, 7) is 5.04. The molecule has 0 aliphatic carbocycles. The number of aromatic nitrogens is 3. The highest BCUT2D eigenvalue weighted by molar-refractivity contribution is 5.39. The van der Waals surface area contributed by atoms with Gasteiger partial charge in [0.05, 0.1) is 5.69 Å². The van der Waals surface area contributed by atoms with Crippen LogP contribution in [0.2, 0.25) is 0 Å². The lowest BCUT2D eigenvalue weighted by Crippen LogP contribution is -2.05. The highest BCUT2D eigenvalue weighted by Gasteiger charge is 2.00. The van der Waals surface area contributed by atoms with Crippen molar-refractivity contribution in [2.24, 2.45) is 0 Å². The molecule has 4 nitrogen and oxygen atoms in total. The molecule has 0 bridgehead atoms. The third-order valence-corrected chi connectivity index (χ3v) is 2.25. The van der Waals surface area contributed by atoms with Crippen LogP contribution in [0.1, 0.15) is 19.0 Å². The van der Waals surface area contributed by atoms with Crippen LogP contribution in [0.4, 0.5) is 5.82 Å². The van der Waals surface area contributed by atoms with Crippen molar-refractivity contribution in [3.05, 3.63) is 36.2 Å². The molecular weight excluding hydrogens is 200 g/mol. The summed E-state index contributed by atoms with van der Waals surface area (Å²) in [6, 6.07) is 7.87. The van der Waals surface area contributed by atoms with E-state index in [1.54, 1.807) is 4.68 Å². The van der Waals surface area contributed by atoms with Gasteiger partial charge >= 0.3 is 0 Å². The summed E-state index contributed by atoms with van der Waals surface area (Å²) in [7, 11) is 0. The Bertz CT molecular complexity index is 462. The van der Waals surface area contributed by atoms with Crippen molar-refractivity contribution in [2.75, 3.05) is 11.9 Å². The predicted molar refractivity (Wildman–Crippen MR) is 64.9 cm³/mol. The molecule has 0 aromatic carbocycles. The average Bonchev–Trinajstić information content (AvgIpc) is 2.74. The molecule has 0 aliphatic heterocycles. The molecule has 1 N–H and O–H groups in total. The van der Waals surface area contributed by atoms with Gasteiger partial charge in [0.15, 0.2) is 5.82 Å². The van der Waals surface area contributed by atoms with Gasteiger partial charge in [-0.05, 0) is 31.5 Å². The molecule has 2 heterocycles. The zero-order valence-electron chi connectivity index (χ0n) is 9.64. The van der Waals surface area contributed by atoms with Crippen LogP contribution in [-0.4, -0.2) is 21.3 Å². The van der Waals surface area contributed by atoms with Gasteiger partial charge in [0, 0.05) is 12.7 Å². The number of hydrogen-bond donors (Lipinski definition) is 1. The molecule has 2 aromatic rings. The summed E-state index contributed by atoms with van der Waals surface area (Å²) in [6.07, 6.45) is 3.01. The number of aryl methyl sites for hydroxylation is 1. The monoisotopic (exact) mass is 216 g/mol. The molecule has 0 saturated heterocycles. The SMILES string of the molecule is CCCNc1cccc(-n2ccc(C)n2)n1. The normalized spacial score (nSPS) is 10.4. The fourth-order valence-electron chi connectivity index (χ4n) is 1.45. The second kappa shape index (κ2) is 4.79. The van der Waals surface area contributed by atoms with Crippen molar-refractivity contribution < 1.29 is 0 Å². The molecule has 2 rings (SSSR count). The minimum atomic E-state index is 0.842. The first-order valence-electron chi connectivity index (χ1n) is 5.53. The fraction of sp³-hybridized carbons (Fsp3) is 0.333. The Morgan fingerprint density at radius 2 is 2.19 bits per heavy atom. The van der Waals surface area contributed by atoms with Crippen molar-refractivity contribution in [3.8, 4) is 5.82 Å². The minimum absolute atomic E-state index is 0.842. The average molecular weight is 216 g/mol. The number of pyridine rings is 1. The van der Waals surface area contributed by atoms with E-state index in [9.17, 15) is 0 Å². The first-order valence-corrected chi connectivity index (χ1v) is 5.53. The summed E-state index contributed by atoms with van der Waals surface area (Å²) >= 11 is 0. The number of hydrogen-bond acceptors (Lipinski definition) is 3. The maximum absolute atomic E-state index is 4.48. The van der Waals surface area contributed by atoms with Gasteiger partial charge in [0.25, 0.3) is 0 Å². The molecular formula is C12H16N4. The van der Waals surface area contributed by atoms with Crippen LogP contribution in [0.25, 0.3) is 5.82 Å². The second-order valence-corrected chi connectivity index (χ2v) is 3.71. The molecule has 0 atom stereocenters. The Morgan fingerprint density at radius 1 is 1.31 bits per heavy atom. The molecule has 0 saturated carbocycles. The standard InChI is InChI=1S/C12H16N4/c1-3-8-13-11-5-4-6-12(14-11)16-9-7-10(2)15-16/h4-7,9H,3,8H2,1-2H3,(H,13,14). The maximum atomic E-state index is 4.48. The quantitative estimate of drug-likeness (QED) is 0.853. The molecule has 2 aromatic heterocycles. The van der Waals surface area contributed by atoms with E-state index in [1.807, 2.05) is 37.4 Å². The van der Waals surface area contributed by atoms with Crippen LogP contribution in [0, 0.1) is 6.92 Å². The van der Waals surface area contributed by atoms with E-state index in [2.05, 4.69) is 22.3 Å². The maximum Gasteiger partial charge on any atom is 0.155 e. The summed E-state index contributed by atoms with van der Waals surface area (Å²) in [5, 5.41) is 7.59. The van der Waals surface area contributed by atoms with Gasteiger partial charge in [0.2, 0.25) is 0 Å². The minimum Gasteiger partial charge on any atom is -0.370 e. The van der Waals surface area contributed by atoms with Gasteiger partial charge < -0.3 is 5.32 Å². The van der Waals surface area contributed by atoms with Crippen molar-refractivity contribution in [1.82, 2.24) is 14.8 Å². The second-order valence-electron chi connectivity index (χ2n) is 3.71. The third-order valence-electron chi connectivity index (χ3n) is 2.25. The van der Waals surface area contributed by atoms with Gasteiger partial charge in [-0.3, -0.25) is 0 Å². The Morgan fingerprint density at radius 3 is 2.88 bits per heavy atom. The molecule has 16 heavy (non-hydrogen) atoms. The first kappa shape index (κ1) is 10.7. The Kier molecular flexibility index (Phi) is 3.19. The molecule has 4 heteroatoms. The van der Waals surface area contributed by atoms with Crippen LogP contribution in [0.3, 0.4) is 0 Å². The van der Waals surface area contributed by atoms with Gasteiger partial charge in [-0.25, -0.2) is 9.67 Å². The van der Waals surface area contributed by atoms with Crippen LogP contribution < -0.4 is 5.32 Å². The number of anilines is 1. The Balaban J connectivity index is 2.22. The summed E-state index contributed by atoms with van der Waals surface area (Å²) < 4.78 is 1.78. The van der Waals surface area contributed by atoms with E-state index < -0.39 is 0 Å².